The summed E-state index contributed by atoms with van der Waals surface area (Å²) < 4.78 is 0.992. The van der Waals surface area contributed by atoms with Crippen LogP contribution in [0.15, 0.2) is 28.1 Å². The average molecular weight is 350 g/mol. The van der Waals surface area contributed by atoms with Crippen LogP contribution in [-0.2, 0) is 11.2 Å². The Balaban J connectivity index is 1.95. The van der Waals surface area contributed by atoms with Gasteiger partial charge in [-0.15, -0.1) is 11.3 Å². The summed E-state index contributed by atoms with van der Waals surface area (Å²) in [5, 5.41) is 2.82. The second-order valence-electron chi connectivity index (χ2n) is 4.82. The molecule has 1 aliphatic heterocycles. The van der Waals surface area contributed by atoms with Crippen LogP contribution in [0.1, 0.15) is 32.8 Å². The first-order chi connectivity index (χ1) is 9.54. The molecule has 1 aromatic heterocycles. The van der Waals surface area contributed by atoms with Crippen LogP contribution in [0.25, 0.3) is 0 Å². The predicted molar refractivity (Wildman–Crippen MR) is 83.6 cm³/mol. The average Bonchev–Trinajstić information content (AvgIpc) is 2.77. The lowest BCUT2D eigenvalue weighted by Gasteiger charge is -2.17. The number of anilines is 1. The van der Waals surface area contributed by atoms with Gasteiger partial charge in [0.15, 0.2) is 0 Å². The Morgan fingerprint density at radius 1 is 1.30 bits per heavy atom. The summed E-state index contributed by atoms with van der Waals surface area (Å²) in [6.45, 7) is 1.97. The first kappa shape index (κ1) is 13.5. The van der Waals surface area contributed by atoms with Gasteiger partial charge in [0.05, 0.1) is 8.66 Å². The van der Waals surface area contributed by atoms with E-state index in [0.717, 1.165) is 25.5 Å². The van der Waals surface area contributed by atoms with Gasteiger partial charge >= 0.3 is 0 Å². The Morgan fingerprint density at radius 2 is 2.10 bits per heavy atom. The number of thiophene rings is 1. The molecule has 0 saturated heterocycles. The lowest BCUT2D eigenvalue weighted by atomic mass is 9.98. The van der Waals surface area contributed by atoms with Gasteiger partial charge in [-0.05, 0) is 64.7 Å². The van der Waals surface area contributed by atoms with Gasteiger partial charge in [0.1, 0.15) is 0 Å². The highest BCUT2D eigenvalue weighted by Gasteiger charge is 2.18. The van der Waals surface area contributed by atoms with E-state index in [1.54, 1.807) is 6.07 Å². The van der Waals surface area contributed by atoms with Gasteiger partial charge in [-0.3, -0.25) is 9.59 Å². The Kier molecular flexibility index (Phi) is 3.48. The third-order valence-electron chi connectivity index (χ3n) is 3.34. The molecule has 2 heterocycles. The molecule has 0 aliphatic carbocycles. The molecule has 0 unspecified atom stereocenters. The van der Waals surface area contributed by atoms with Gasteiger partial charge in [-0.1, -0.05) is 0 Å². The fourth-order valence-electron chi connectivity index (χ4n) is 2.24. The van der Waals surface area contributed by atoms with E-state index in [-0.39, 0.29) is 11.7 Å². The van der Waals surface area contributed by atoms with Gasteiger partial charge in [-0.25, -0.2) is 0 Å². The number of rotatable bonds is 2. The van der Waals surface area contributed by atoms with E-state index in [9.17, 15) is 9.59 Å². The number of halogens is 1. The Hall–Kier alpha value is -1.46. The van der Waals surface area contributed by atoms with Gasteiger partial charge in [0.25, 0.3) is 0 Å². The van der Waals surface area contributed by atoms with Crippen LogP contribution < -0.4 is 5.32 Å². The molecule has 1 aliphatic rings. The van der Waals surface area contributed by atoms with Crippen LogP contribution in [0.2, 0.25) is 0 Å². The second kappa shape index (κ2) is 5.14. The molecule has 0 radical (unpaired) electrons. The fourth-order valence-corrected chi connectivity index (χ4v) is 3.74. The number of carbonyl (C=O) groups is 2. The minimum atomic E-state index is 0.0310. The summed E-state index contributed by atoms with van der Waals surface area (Å²) in [6.07, 6.45) is 1.17. The second-order valence-corrected chi connectivity index (χ2v) is 7.19. The van der Waals surface area contributed by atoms with E-state index in [4.69, 9.17) is 0 Å². The smallest absolute Gasteiger partial charge is 0.224 e. The molecule has 0 spiro atoms. The van der Waals surface area contributed by atoms with E-state index in [0.29, 0.717) is 18.4 Å². The lowest BCUT2D eigenvalue weighted by Crippen LogP contribution is -2.19. The molecule has 1 N–H and O–H groups in total. The molecule has 0 fully saturated rings. The third kappa shape index (κ3) is 2.43. The predicted octanol–water partition coefficient (Wildman–Crippen LogP) is 3.93. The van der Waals surface area contributed by atoms with E-state index in [1.807, 2.05) is 25.1 Å². The monoisotopic (exact) mass is 349 g/mol. The molecule has 102 valence electrons. The molecule has 2 aromatic rings. The topological polar surface area (TPSA) is 46.2 Å². The van der Waals surface area contributed by atoms with Crippen LogP contribution >= 0.6 is 27.3 Å². The number of hydrogen-bond donors (Lipinski definition) is 1. The van der Waals surface area contributed by atoms with Crippen molar-refractivity contribution in [2.24, 2.45) is 0 Å². The van der Waals surface area contributed by atoms with E-state index < -0.39 is 0 Å². The van der Waals surface area contributed by atoms with Gasteiger partial charge < -0.3 is 5.32 Å². The summed E-state index contributed by atoms with van der Waals surface area (Å²) in [5.74, 6) is 0.0675. The Morgan fingerprint density at radius 3 is 2.80 bits per heavy atom. The van der Waals surface area contributed by atoms with Crippen LogP contribution in [0.3, 0.4) is 0 Å². The van der Waals surface area contributed by atoms with Crippen molar-refractivity contribution in [2.45, 2.75) is 19.8 Å². The minimum Gasteiger partial charge on any atom is -0.326 e. The molecule has 3 nitrogen and oxygen atoms in total. The van der Waals surface area contributed by atoms with Crippen LogP contribution in [0, 0.1) is 6.92 Å². The molecule has 3 rings (SSSR count). The molecule has 0 bridgehead atoms. The molecule has 0 saturated carbocycles. The maximum atomic E-state index is 12.5. The number of benzene rings is 1. The third-order valence-corrected chi connectivity index (χ3v) is 5.48. The van der Waals surface area contributed by atoms with Crippen molar-refractivity contribution in [2.75, 3.05) is 5.32 Å². The molecule has 20 heavy (non-hydrogen) atoms. The van der Waals surface area contributed by atoms with Crippen molar-refractivity contribution in [3.8, 4) is 0 Å². The first-order valence-corrected chi connectivity index (χ1v) is 7.89. The van der Waals surface area contributed by atoms with Gasteiger partial charge in [0.2, 0.25) is 11.7 Å². The maximum absolute atomic E-state index is 12.5. The summed E-state index contributed by atoms with van der Waals surface area (Å²) >= 11 is 4.89. The molecular weight excluding hydrogens is 338 g/mol. The molecular formula is C15H12BrNO2S. The number of fused-ring (bicyclic) bond motifs is 1. The lowest BCUT2D eigenvalue weighted by molar-refractivity contribution is -0.116. The SMILES string of the molecule is Cc1cc(C(=O)c2ccc3c(c2)CCC(=O)N3)sc1Br. The summed E-state index contributed by atoms with van der Waals surface area (Å²) in [6, 6.07) is 7.38. The Labute approximate surface area is 129 Å². The largest absolute Gasteiger partial charge is 0.326 e. The molecule has 1 amide bonds. The number of aryl methyl sites for hydroxylation is 2. The summed E-state index contributed by atoms with van der Waals surface area (Å²) in [4.78, 5) is 24.5. The Bertz CT molecular complexity index is 701. The summed E-state index contributed by atoms with van der Waals surface area (Å²) in [7, 11) is 0. The van der Waals surface area contributed by atoms with Crippen molar-refractivity contribution >= 4 is 44.6 Å². The van der Waals surface area contributed by atoms with Crippen LogP contribution in [-0.4, -0.2) is 11.7 Å². The van der Waals surface area contributed by atoms with Gasteiger partial charge in [-0.2, -0.15) is 0 Å². The van der Waals surface area contributed by atoms with E-state index in [1.165, 1.54) is 11.3 Å². The highest BCUT2D eigenvalue weighted by Crippen LogP contribution is 2.30. The minimum absolute atomic E-state index is 0.0310. The summed E-state index contributed by atoms with van der Waals surface area (Å²) in [5.41, 5.74) is 3.60. The van der Waals surface area contributed by atoms with Crippen molar-refractivity contribution in [3.05, 3.63) is 49.6 Å². The quantitative estimate of drug-likeness (QED) is 0.834. The fraction of sp³-hybridized carbons (Fsp3) is 0.200. The molecule has 0 atom stereocenters. The van der Waals surface area contributed by atoms with Crippen molar-refractivity contribution in [1.82, 2.24) is 0 Å². The number of amides is 1. The highest BCUT2D eigenvalue weighted by atomic mass is 79.9. The zero-order valence-corrected chi connectivity index (χ0v) is 13.2. The number of carbonyl (C=O) groups excluding carboxylic acids is 2. The zero-order chi connectivity index (χ0) is 14.3. The highest BCUT2D eigenvalue weighted by molar-refractivity contribution is 9.11. The number of ketones is 1. The maximum Gasteiger partial charge on any atom is 0.224 e. The molecule has 1 aromatic carbocycles. The number of nitrogens with one attached hydrogen (secondary N) is 1. The van der Waals surface area contributed by atoms with Crippen molar-refractivity contribution < 1.29 is 9.59 Å². The zero-order valence-electron chi connectivity index (χ0n) is 10.8. The van der Waals surface area contributed by atoms with Crippen molar-refractivity contribution in [1.29, 1.82) is 0 Å². The number of hydrogen-bond acceptors (Lipinski definition) is 3. The molecule has 5 heteroatoms. The first-order valence-electron chi connectivity index (χ1n) is 6.28. The van der Waals surface area contributed by atoms with Crippen molar-refractivity contribution in [3.63, 3.8) is 0 Å². The van der Waals surface area contributed by atoms with E-state index in [2.05, 4.69) is 21.2 Å². The standard InChI is InChI=1S/C15H12BrNO2S/c1-8-6-12(20-15(8)16)14(19)10-2-4-11-9(7-10)3-5-13(18)17-11/h2,4,6-7H,3,5H2,1H3,(H,17,18). The normalized spacial score (nSPS) is 13.8. The van der Waals surface area contributed by atoms with Crippen LogP contribution in [0.4, 0.5) is 5.69 Å². The van der Waals surface area contributed by atoms with Gasteiger partial charge in [0, 0.05) is 17.7 Å². The van der Waals surface area contributed by atoms with Crippen LogP contribution in [0.5, 0.6) is 0 Å². The van der Waals surface area contributed by atoms with E-state index >= 15 is 0 Å².